The Kier molecular flexibility index (Phi) is 8.72. The van der Waals surface area contributed by atoms with E-state index >= 15 is 0 Å². The number of carbonyl (C=O) groups excluding carboxylic acids is 3. The number of nitrogens with one attached hydrogen (secondary N) is 3. The topological polar surface area (TPSA) is 214 Å². The summed E-state index contributed by atoms with van der Waals surface area (Å²) in [4.78, 5) is 54.7. The Labute approximate surface area is 183 Å². The van der Waals surface area contributed by atoms with Crippen LogP contribution in [0.5, 0.6) is 5.75 Å². The monoisotopic (exact) mass is 446 g/mol. The smallest absolute Gasteiger partial charge is 0.326 e. The fourth-order valence-corrected chi connectivity index (χ4v) is 2.90. The first-order valence-corrected chi connectivity index (χ1v) is 9.78. The number of amides is 3. The van der Waals surface area contributed by atoms with E-state index in [2.05, 4.69) is 20.6 Å². The van der Waals surface area contributed by atoms with Gasteiger partial charge in [0.15, 0.2) is 0 Å². The number of aliphatic carboxylic acids is 1. The van der Waals surface area contributed by atoms with Crippen molar-refractivity contribution in [1.82, 2.24) is 20.6 Å². The SMILES string of the molecule is NC(=O)CCC(NC(=O)C(N)Cc1cnc[nH]1)C(=O)NC(Cc1ccc(O)cc1)C(=O)O. The van der Waals surface area contributed by atoms with Crippen LogP contribution in [0.4, 0.5) is 0 Å². The Morgan fingerprint density at radius 2 is 1.69 bits per heavy atom. The molecular formula is C20H26N6O6. The van der Waals surface area contributed by atoms with Crippen LogP contribution in [-0.2, 0) is 32.0 Å². The third-order valence-corrected chi connectivity index (χ3v) is 4.63. The standard InChI is InChI=1S/C20H26N6O6/c21-14(8-12-9-23-10-24-12)18(29)25-15(5-6-17(22)28)19(30)26-16(20(31)32)7-11-1-3-13(27)4-2-11/h1-4,9-10,14-16,27H,5-8,21H2,(H2,22,28)(H,23,24)(H,25,29)(H,26,30)(H,31,32). The van der Waals surface area contributed by atoms with E-state index in [0.29, 0.717) is 11.3 Å². The number of carboxylic acids is 1. The lowest BCUT2D eigenvalue weighted by Gasteiger charge is -2.22. The number of hydrogen-bond acceptors (Lipinski definition) is 7. The number of hydrogen-bond donors (Lipinski definition) is 7. The van der Waals surface area contributed by atoms with Gasteiger partial charge in [-0.2, -0.15) is 0 Å². The summed E-state index contributed by atoms with van der Waals surface area (Å²) in [7, 11) is 0. The van der Waals surface area contributed by atoms with Crippen LogP contribution in [0.3, 0.4) is 0 Å². The summed E-state index contributed by atoms with van der Waals surface area (Å²) in [6, 6.07) is 2.31. The molecule has 0 aliphatic heterocycles. The number of nitrogens with zero attached hydrogens (tertiary/aromatic N) is 1. The molecule has 2 rings (SSSR count). The highest BCUT2D eigenvalue weighted by molar-refractivity contribution is 5.92. The summed E-state index contributed by atoms with van der Waals surface area (Å²) in [6.07, 6.45) is 2.68. The number of nitrogens with two attached hydrogens (primary N) is 2. The van der Waals surface area contributed by atoms with Gasteiger partial charge >= 0.3 is 5.97 Å². The van der Waals surface area contributed by atoms with Gasteiger partial charge in [-0.3, -0.25) is 14.4 Å². The number of phenols is 1. The number of phenolic OH excluding ortho intramolecular Hbond substituents is 1. The van der Waals surface area contributed by atoms with Crippen molar-refractivity contribution in [3.05, 3.63) is 48.0 Å². The molecule has 32 heavy (non-hydrogen) atoms. The number of H-pyrrole nitrogens is 1. The summed E-state index contributed by atoms with van der Waals surface area (Å²) >= 11 is 0. The molecule has 1 heterocycles. The predicted molar refractivity (Wildman–Crippen MR) is 112 cm³/mol. The number of aromatic nitrogens is 2. The molecule has 3 atom stereocenters. The zero-order valence-electron chi connectivity index (χ0n) is 17.2. The van der Waals surface area contributed by atoms with E-state index in [4.69, 9.17) is 11.5 Å². The van der Waals surface area contributed by atoms with Gasteiger partial charge in [0.2, 0.25) is 17.7 Å². The van der Waals surface area contributed by atoms with E-state index < -0.39 is 41.8 Å². The summed E-state index contributed by atoms with van der Waals surface area (Å²) in [5.74, 6) is -3.40. The van der Waals surface area contributed by atoms with Crippen molar-refractivity contribution in [1.29, 1.82) is 0 Å². The third-order valence-electron chi connectivity index (χ3n) is 4.63. The van der Waals surface area contributed by atoms with Crippen molar-refractivity contribution in [2.45, 2.75) is 43.8 Å². The third kappa shape index (κ3) is 7.72. The van der Waals surface area contributed by atoms with Crippen molar-refractivity contribution in [2.75, 3.05) is 0 Å². The Morgan fingerprint density at radius 1 is 1.03 bits per heavy atom. The average Bonchev–Trinajstić information content (AvgIpc) is 3.24. The van der Waals surface area contributed by atoms with Crippen LogP contribution in [0.1, 0.15) is 24.1 Å². The summed E-state index contributed by atoms with van der Waals surface area (Å²) in [6.45, 7) is 0. The molecule has 0 saturated heterocycles. The van der Waals surface area contributed by atoms with Crippen molar-refractivity contribution < 1.29 is 29.4 Å². The molecule has 0 aliphatic rings. The largest absolute Gasteiger partial charge is 0.508 e. The number of rotatable bonds is 12. The number of primary amides is 1. The number of aromatic hydroxyl groups is 1. The van der Waals surface area contributed by atoms with Gasteiger partial charge in [-0.05, 0) is 24.1 Å². The van der Waals surface area contributed by atoms with Crippen LogP contribution in [0.15, 0.2) is 36.8 Å². The van der Waals surface area contributed by atoms with E-state index in [1.165, 1.54) is 36.8 Å². The molecule has 0 fully saturated rings. The van der Waals surface area contributed by atoms with Gasteiger partial charge in [0.1, 0.15) is 17.8 Å². The molecular weight excluding hydrogens is 420 g/mol. The van der Waals surface area contributed by atoms with Crippen LogP contribution < -0.4 is 22.1 Å². The maximum Gasteiger partial charge on any atom is 0.326 e. The molecule has 0 radical (unpaired) electrons. The second-order valence-electron chi connectivity index (χ2n) is 7.22. The number of imidazole rings is 1. The van der Waals surface area contributed by atoms with Crippen molar-refractivity contribution in [2.24, 2.45) is 11.5 Å². The summed E-state index contributed by atoms with van der Waals surface area (Å²) in [5, 5.41) is 23.7. The van der Waals surface area contributed by atoms with Gasteiger partial charge in [-0.1, -0.05) is 12.1 Å². The van der Waals surface area contributed by atoms with Crippen LogP contribution in [0.2, 0.25) is 0 Å². The van der Waals surface area contributed by atoms with Crippen molar-refractivity contribution in [3.8, 4) is 5.75 Å². The van der Waals surface area contributed by atoms with E-state index in [0.717, 1.165) is 0 Å². The summed E-state index contributed by atoms with van der Waals surface area (Å²) < 4.78 is 0. The number of carbonyl (C=O) groups is 4. The number of aromatic amines is 1. The van der Waals surface area contributed by atoms with Crippen LogP contribution in [0.25, 0.3) is 0 Å². The lowest BCUT2D eigenvalue weighted by Crippen LogP contribution is -2.55. The first-order chi connectivity index (χ1) is 15.2. The van der Waals surface area contributed by atoms with Gasteiger partial charge in [0, 0.05) is 31.2 Å². The zero-order chi connectivity index (χ0) is 23.7. The molecule has 0 saturated carbocycles. The fraction of sp³-hybridized carbons (Fsp3) is 0.350. The first kappa shape index (κ1) is 24.3. The number of carboxylic acid groups (broad SMARTS) is 1. The minimum atomic E-state index is -1.31. The fourth-order valence-electron chi connectivity index (χ4n) is 2.90. The minimum Gasteiger partial charge on any atom is -0.508 e. The van der Waals surface area contributed by atoms with E-state index in [-0.39, 0.29) is 31.4 Å². The zero-order valence-corrected chi connectivity index (χ0v) is 17.2. The normalized spacial score (nSPS) is 13.5. The highest BCUT2D eigenvalue weighted by Gasteiger charge is 2.28. The maximum atomic E-state index is 12.8. The van der Waals surface area contributed by atoms with E-state index in [9.17, 15) is 29.4 Å². The predicted octanol–water partition coefficient (Wildman–Crippen LogP) is -1.45. The highest BCUT2D eigenvalue weighted by atomic mass is 16.4. The molecule has 12 nitrogen and oxygen atoms in total. The second kappa shape index (κ2) is 11.5. The van der Waals surface area contributed by atoms with E-state index in [1.807, 2.05) is 0 Å². The Balaban J connectivity index is 2.06. The molecule has 1 aromatic heterocycles. The van der Waals surface area contributed by atoms with Crippen LogP contribution >= 0.6 is 0 Å². The Hall–Kier alpha value is -3.93. The molecule has 3 unspecified atom stereocenters. The molecule has 0 bridgehead atoms. The van der Waals surface area contributed by atoms with Gasteiger partial charge in [-0.15, -0.1) is 0 Å². The van der Waals surface area contributed by atoms with Gasteiger partial charge in [-0.25, -0.2) is 9.78 Å². The second-order valence-corrected chi connectivity index (χ2v) is 7.22. The first-order valence-electron chi connectivity index (χ1n) is 9.78. The lowest BCUT2D eigenvalue weighted by molar-refractivity contribution is -0.142. The van der Waals surface area contributed by atoms with Gasteiger partial charge in [0.25, 0.3) is 0 Å². The Bertz CT molecular complexity index is 931. The highest BCUT2D eigenvalue weighted by Crippen LogP contribution is 2.12. The van der Waals surface area contributed by atoms with E-state index in [1.54, 1.807) is 0 Å². The van der Waals surface area contributed by atoms with Gasteiger partial charge < -0.3 is 37.3 Å². The lowest BCUT2D eigenvalue weighted by atomic mass is 10.0. The Morgan fingerprint density at radius 3 is 2.25 bits per heavy atom. The molecule has 172 valence electrons. The average molecular weight is 446 g/mol. The minimum absolute atomic E-state index is 0.0188. The molecule has 1 aromatic carbocycles. The quantitative estimate of drug-likeness (QED) is 0.204. The van der Waals surface area contributed by atoms with Gasteiger partial charge in [0.05, 0.1) is 12.4 Å². The van der Waals surface area contributed by atoms with Crippen LogP contribution in [-0.4, -0.2) is 62.0 Å². The maximum absolute atomic E-state index is 12.8. The molecule has 0 aliphatic carbocycles. The molecule has 3 amide bonds. The molecule has 9 N–H and O–H groups in total. The van der Waals surface area contributed by atoms with Crippen molar-refractivity contribution >= 4 is 23.7 Å². The molecule has 0 spiro atoms. The van der Waals surface area contributed by atoms with Crippen molar-refractivity contribution in [3.63, 3.8) is 0 Å². The molecule has 12 heteroatoms. The van der Waals surface area contributed by atoms with Crippen LogP contribution in [0, 0.1) is 0 Å². The number of benzene rings is 1. The molecule has 2 aromatic rings. The summed E-state index contributed by atoms with van der Waals surface area (Å²) in [5.41, 5.74) is 12.2.